The van der Waals surface area contributed by atoms with E-state index in [1.165, 1.54) is 69.3 Å². The molecular weight excluding hydrogens is 1350 g/mol. The van der Waals surface area contributed by atoms with Crippen LogP contribution in [0.25, 0.3) is 0 Å². The number of carbonyl (C=O) groups is 5. The third kappa shape index (κ3) is 26.0. The standard InChI is InChI=1S/C26H26ClN5O2.C18H23N3O.C15H8Cl2N4O.C8H6ClN.C7H6N4O/c1-32(2)17-19-8-6-18(7-9-19)15-29-25(33)21-5-3-4-20(12-21)16-30-26(34)31-23-11-10-22(14-28)24(27)13-23;1-21(2)13-16-7-3-6-15(9-16)12-20-18(22)17-8-4-5-14(10-17)11-19;16-13-5-11(3-1-9(13)7-18)20-15(22)21-12-4-2-10(8-19)14(17)6-12;1-2-6-3-4-7(10)5-8(6)9;12-7(10-3-1-8-5-10)11-4-2-9-6-11/h3-13H,15-17H2,1-2H3,(H,29,33)(H2,30,31,34);3-10H,11-13,19H2,1-2H3,(H,20,22);1-6H,(H2,20,21,22);1,3-5H,10H2;1-6H. The Labute approximate surface area is 599 Å². The summed E-state index contributed by atoms with van der Waals surface area (Å²) in [5.74, 6) is 2.17. The van der Waals surface area contributed by atoms with Crippen LogP contribution in [0.2, 0.25) is 20.1 Å². The van der Waals surface area contributed by atoms with Crippen molar-refractivity contribution in [2.24, 2.45) is 5.73 Å². The van der Waals surface area contributed by atoms with Crippen molar-refractivity contribution in [1.29, 1.82) is 15.8 Å². The Morgan fingerprint density at radius 2 is 0.870 bits per heavy atom. The van der Waals surface area contributed by atoms with Crippen LogP contribution < -0.4 is 43.4 Å². The number of nitrogens with two attached hydrogens (primary N) is 2. The van der Waals surface area contributed by atoms with E-state index >= 15 is 0 Å². The predicted molar refractivity (Wildman–Crippen MR) is 392 cm³/mol. The summed E-state index contributed by atoms with van der Waals surface area (Å²) in [4.78, 5) is 72.0. The number of halogens is 4. The van der Waals surface area contributed by atoms with E-state index in [9.17, 15) is 24.0 Å². The molecule has 0 radical (unpaired) electrons. The first kappa shape index (κ1) is 77.2. The van der Waals surface area contributed by atoms with Crippen LogP contribution in [0.5, 0.6) is 0 Å². The molecule has 22 nitrogen and oxygen atoms in total. The summed E-state index contributed by atoms with van der Waals surface area (Å²) in [6.07, 6.45) is 14.3. The number of amides is 6. The number of nitrogens with one attached hydrogen (secondary N) is 6. The van der Waals surface area contributed by atoms with Crippen LogP contribution in [0.3, 0.4) is 0 Å². The molecule has 10 aromatic rings. The number of terminal acetylenes is 1. The van der Waals surface area contributed by atoms with Crippen molar-refractivity contribution < 1.29 is 24.0 Å². The van der Waals surface area contributed by atoms with Crippen LogP contribution in [0.4, 0.5) is 37.1 Å². The Morgan fingerprint density at radius 1 is 0.470 bits per heavy atom. The quantitative estimate of drug-likeness (QED) is 0.0329. The van der Waals surface area contributed by atoms with Crippen molar-refractivity contribution in [3.05, 3.63) is 294 Å². The van der Waals surface area contributed by atoms with Gasteiger partial charge in [-0.15, -0.1) is 6.42 Å². The molecule has 2 aromatic heterocycles. The number of benzene rings is 8. The summed E-state index contributed by atoms with van der Waals surface area (Å²) in [5.41, 5.74) is 22.2. The minimum atomic E-state index is -0.499. The molecule has 0 saturated carbocycles. The molecule has 8 aromatic carbocycles. The zero-order chi connectivity index (χ0) is 72.5. The zero-order valence-corrected chi connectivity index (χ0v) is 57.7. The first-order valence-electron chi connectivity index (χ1n) is 30.2. The van der Waals surface area contributed by atoms with Gasteiger partial charge in [-0.25, -0.2) is 24.4 Å². The Hall–Kier alpha value is -11.8. The second-order valence-corrected chi connectivity index (χ2v) is 23.6. The molecule has 6 amide bonds. The fourth-order valence-electron chi connectivity index (χ4n) is 8.79. The number of rotatable bonds is 16. The number of anilines is 4. The lowest BCUT2D eigenvalue weighted by atomic mass is 10.1. The molecular formula is C74H69Cl4N17O5. The number of nitriles is 3. The smallest absolute Gasteiger partial charge is 0.338 e. The van der Waals surface area contributed by atoms with Crippen molar-refractivity contribution in [3.8, 4) is 30.6 Å². The lowest BCUT2D eigenvalue weighted by Crippen LogP contribution is -2.28. The fourth-order valence-corrected chi connectivity index (χ4v) is 9.70. The highest BCUT2D eigenvalue weighted by Gasteiger charge is 2.13. The number of aromatic nitrogens is 4. The summed E-state index contributed by atoms with van der Waals surface area (Å²) in [6, 6.07) is 54.5. The molecule has 0 aliphatic rings. The minimum absolute atomic E-state index is 0.0756. The summed E-state index contributed by atoms with van der Waals surface area (Å²) >= 11 is 23.5. The molecule has 508 valence electrons. The van der Waals surface area contributed by atoms with E-state index in [4.69, 9.17) is 80.1 Å². The number of nitrogens with zero attached hydrogens (tertiary/aromatic N) is 9. The SMILES string of the molecule is C#Cc1ccc(N)cc1Cl.CN(C)Cc1ccc(CNC(=O)c2cccc(CNC(=O)Nc3ccc(C#N)c(Cl)c3)c2)cc1.CN(C)Cc1cccc(CNC(=O)c2cccc(CN)c2)c1.N#Cc1ccc(NC(=O)Nc2ccc(C#N)c(Cl)c2)cc1Cl.O=C(n1ccnc1)n1ccnc1. The summed E-state index contributed by atoms with van der Waals surface area (Å²) in [6.45, 7) is 3.39. The summed E-state index contributed by atoms with van der Waals surface area (Å²) < 4.78 is 2.75. The molecule has 0 aliphatic carbocycles. The van der Waals surface area contributed by atoms with E-state index in [1.807, 2.05) is 94.9 Å². The third-order valence-corrected chi connectivity index (χ3v) is 14.9. The van der Waals surface area contributed by atoms with Gasteiger partial charge < -0.3 is 53.2 Å². The highest BCUT2D eigenvalue weighted by molar-refractivity contribution is 6.33. The molecule has 26 heteroatoms. The molecule has 10 N–H and O–H groups in total. The van der Waals surface area contributed by atoms with E-state index < -0.39 is 12.1 Å². The highest BCUT2D eigenvalue weighted by Crippen LogP contribution is 2.24. The molecule has 0 atom stereocenters. The number of urea groups is 2. The summed E-state index contributed by atoms with van der Waals surface area (Å²) in [5, 5.41) is 44.3. The largest absolute Gasteiger partial charge is 0.399 e. The molecule has 0 spiro atoms. The van der Waals surface area contributed by atoms with Crippen LogP contribution in [-0.4, -0.2) is 87.0 Å². The Morgan fingerprint density at radius 3 is 1.31 bits per heavy atom. The second-order valence-electron chi connectivity index (χ2n) is 22.0. The summed E-state index contributed by atoms with van der Waals surface area (Å²) in [7, 11) is 8.13. The lowest BCUT2D eigenvalue weighted by molar-refractivity contribution is 0.0942. The number of carbonyl (C=O) groups excluding carboxylic acids is 5. The average Bonchev–Trinajstić information content (AvgIpc) is 1.39. The maximum Gasteiger partial charge on any atom is 0.338 e. The number of imidazole rings is 2. The first-order chi connectivity index (χ1) is 48.1. The lowest BCUT2D eigenvalue weighted by Gasteiger charge is -2.11. The van der Waals surface area contributed by atoms with Crippen LogP contribution in [0, 0.1) is 46.3 Å². The number of nitrogen functional groups attached to an aromatic ring is 1. The molecule has 10 rings (SSSR count). The normalized spacial score (nSPS) is 10.1. The molecule has 0 fully saturated rings. The van der Waals surface area contributed by atoms with E-state index in [0.29, 0.717) is 80.8 Å². The van der Waals surface area contributed by atoms with E-state index in [2.05, 4.69) is 81.9 Å². The van der Waals surface area contributed by atoms with Crippen LogP contribution >= 0.6 is 46.4 Å². The van der Waals surface area contributed by atoms with Gasteiger partial charge in [-0.2, -0.15) is 15.8 Å². The van der Waals surface area contributed by atoms with Crippen LogP contribution in [0.15, 0.2) is 207 Å². The Balaban J connectivity index is 0.000000209. The van der Waals surface area contributed by atoms with Crippen LogP contribution in [-0.2, 0) is 39.3 Å². The van der Waals surface area contributed by atoms with Crippen molar-refractivity contribution in [2.45, 2.75) is 39.3 Å². The van der Waals surface area contributed by atoms with Gasteiger partial charge in [0.25, 0.3) is 11.8 Å². The van der Waals surface area contributed by atoms with Gasteiger partial charge in [-0.1, -0.05) is 125 Å². The monoisotopic (exact) mass is 1420 g/mol. The molecule has 2 heterocycles. The molecule has 0 aliphatic heterocycles. The molecule has 0 bridgehead atoms. The van der Waals surface area contributed by atoms with Gasteiger partial charge in [0.05, 0.1) is 36.8 Å². The van der Waals surface area contributed by atoms with Gasteiger partial charge in [0.15, 0.2) is 0 Å². The first-order valence-corrected chi connectivity index (χ1v) is 31.7. The predicted octanol–water partition coefficient (Wildman–Crippen LogP) is 13.5. The third-order valence-electron chi connectivity index (χ3n) is 13.6. The molecule has 0 saturated heterocycles. The minimum Gasteiger partial charge on any atom is -0.399 e. The van der Waals surface area contributed by atoms with Gasteiger partial charge in [0, 0.05) is 103 Å². The average molecular weight is 1420 g/mol. The maximum absolute atomic E-state index is 12.6. The van der Waals surface area contributed by atoms with E-state index in [-0.39, 0.29) is 39.5 Å². The van der Waals surface area contributed by atoms with Crippen molar-refractivity contribution >= 4 is 99.1 Å². The second kappa shape index (κ2) is 40.0. The zero-order valence-electron chi connectivity index (χ0n) is 54.7. The van der Waals surface area contributed by atoms with E-state index in [1.54, 1.807) is 85.5 Å². The van der Waals surface area contributed by atoms with Gasteiger partial charge in [-0.05, 0) is 159 Å². The van der Waals surface area contributed by atoms with Gasteiger partial charge in [0.2, 0.25) is 0 Å². The molecule has 100 heavy (non-hydrogen) atoms. The number of hydrogen-bond donors (Lipinski definition) is 8. The Bertz CT molecular complexity index is 4490. The highest BCUT2D eigenvalue weighted by atomic mass is 35.5. The maximum atomic E-state index is 12.6. The van der Waals surface area contributed by atoms with Gasteiger partial charge in [0.1, 0.15) is 30.9 Å². The fraction of sp³-hybridized carbons (Fsp3) is 0.135. The van der Waals surface area contributed by atoms with Crippen molar-refractivity contribution in [2.75, 3.05) is 49.9 Å². The number of hydrogen-bond acceptors (Lipinski definition) is 14. The van der Waals surface area contributed by atoms with Crippen molar-refractivity contribution in [1.82, 2.24) is 44.9 Å². The van der Waals surface area contributed by atoms with E-state index in [0.717, 1.165) is 35.3 Å². The van der Waals surface area contributed by atoms with Gasteiger partial charge in [-0.3, -0.25) is 18.7 Å². The van der Waals surface area contributed by atoms with Gasteiger partial charge >= 0.3 is 18.1 Å². The van der Waals surface area contributed by atoms with Crippen molar-refractivity contribution in [3.63, 3.8) is 0 Å². The van der Waals surface area contributed by atoms with Crippen LogP contribution in [0.1, 0.15) is 76.4 Å². The topological polar surface area (TPSA) is 323 Å². The Kier molecular flexibility index (Phi) is 30.9. The molecule has 0 unspecified atom stereocenters.